The Bertz CT molecular complexity index is 2680. The quantitative estimate of drug-likeness (QED) is 0.0790. The Hall–Kier alpha value is -7.26. The molecule has 15 heteroatoms. The lowest BCUT2D eigenvalue weighted by molar-refractivity contribution is -0.135. The lowest BCUT2D eigenvalue weighted by Crippen LogP contribution is -2.44. The van der Waals surface area contributed by atoms with E-state index in [1.165, 1.54) is 14.2 Å². The van der Waals surface area contributed by atoms with Crippen LogP contribution in [0.5, 0.6) is 0 Å². The number of aromatic nitrogens is 4. The van der Waals surface area contributed by atoms with Crippen LogP contribution in [0.15, 0.2) is 103 Å². The molecule has 0 fully saturated rings. The molecule has 0 spiro atoms. The van der Waals surface area contributed by atoms with Crippen LogP contribution in [0.3, 0.4) is 0 Å². The molecule has 314 valence electrons. The number of benzene rings is 5. The number of hydrogen-bond acceptors (Lipinski definition) is 9. The van der Waals surface area contributed by atoms with E-state index in [4.69, 9.17) is 14.5 Å². The zero-order valence-corrected chi connectivity index (χ0v) is 34.5. The minimum Gasteiger partial charge on any atom is -0.453 e. The van der Waals surface area contributed by atoms with Crippen LogP contribution in [-0.2, 0) is 36.9 Å². The fourth-order valence-electron chi connectivity index (χ4n) is 7.31. The van der Waals surface area contributed by atoms with Crippen LogP contribution in [0.2, 0.25) is 0 Å². The highest BCUT2D eigenvalue weighted by Gasteiger charge is 2.29. The molecule has 2 heterocycles. The lowest BCUT2D eigenvalue weighted by Gasteiger charge is -2.27. The second kappa shape index (κ2) is 19.2. The molecule has 1 atom stereocenters. The van der Waals surface area contributed by atoms with Gasteiger partial charge in [0.1, 0.15) is 24.2 Å². The van der Waals surface area contributed by atoms with Crippen LogP contribution in [0.25, 0.3) is 55.0 Å². The second-order valence-electron chi connectivity index (χ2n) is 14.5. The number of nitrogens with zero attached hydrogens (tertiary/aromatic N) is 4. The maximum Gasteiger partial charge on any atom is 0.407 e. The summed E-state index contributed by atoms with van der Waals surface area (Å²) < 4.78 is 14.7. The Labute approximate surface area is 352 Å². The summed E-state index contributed by atoms with van der Waals surface area (Å²) in [5, 5.41) is 9.33. The number of fused-ring (bicyclic) bond motifs is 4. The number of ether oxygens (including phenoxy) is 3. The van der Waals surface area contributed by atoms with Crippen LogP contribution < -0.4 is 10.6 Å². The number of hydrogen-bond donors (Lipinski definition) is 4. The lowest BCUT2D eigenvalue weighted by atomic mass is 9.97. The first-order valence-electron chi connectivity index (χ1n) is 19.9. The van der Waals surface area contributed by atoms with Gasteiger partial charge in [-0.2, -0.15) is 0 Å². The molecule has 0 unspecified atom stereocenters. The minimum atomic E-state index is -0.960. The van der Waals surface area contributed by atoms with Crippen LogP contribution in [0, 0.1) is 0 Å². The number of alkyl carbamates (subject to hydrolysis) is 2. The first-order valence-corrected chi connectivity index (χ1v) is 19.9. The van der Waals surface area contributed by atoms with Gasteiger partial charge < -0.3 is 44.6 Å². The van der Waals surface area contributed by atoms with Crippen molar-refractivity contribution in [3.8, 4) is 22.4 Å². The van der Waals surface area contributed by atoms with Crippen molar-refractivity contribution in [2.24, 2.45) is 0 Å². The topological polar surface area (TPSA) is 184 Å². The van der Waals surface area contributed by atoms with Crippen molar-refractivity contribution in [1.82, 2.24) is 40.4 Å². The monoisotopic (exact) mass is 824 g/mol. The molecule has 0 saturated heterocycles. The van der Waals surface area contributed by atoms with E-state index >= 15 is 0 Å². The van der Waals surface area contributed by atoms with E-state index in [1.807, 2.05) is 37.3 Å². The maximum absolute atomic E-state index is 13.9. The van der Waals surface area contributed by atoms with Crippen molar-refractivity contribution >= 4 is 56.6 Å². The van der Waals surface area contributed by atoms with Gasteiger partial charge in [0.25, 0.3) is 0 Å². The Morgan fingerprint density at radius 3 is 2.11 bits per heavy atom. The van der Waals surface area contributed by atoms with Crippen molar-refractivity contribution in [3.63, 3.8) is 0 Å². The van der Waals surface area contributed by atoms with Crippen LogP contribution in [-0.4, -0.2) is 101 Å². The number of imidazole rings is 2. The standard InChI is InChI=1S/C46H48N8O7/c1-5-19-53(41(55)26-48-45(57)60-3)28-40-49-37-18-16-34-23-33(15-17-36(34)43(37)51-40)30-11-12-32-24-35(14-13-31(32)22-30)38-25-47-39(50-38)27-54(20-21-59-2)44(56)42(52-46(58)61-4)29-9-7-6-8-10-29/h6-18,22-25,42H,5,19-21,26-28H2,1-4H3,(H,47,50)(H,48,57)(H,49,51)(H,52,58)/t42-/m1/s1. The summed E-state index contributed by atoms with van der Waals surface area (Å²) in [4.78, 5) is 70.0. The average molecular weight is 825 g/mol. The first-order chi connectivity index (χ1) is 29.7. The fourth-order valence-corrected chi connectivity index (χ4v) is 7.31. The van der Waals surface area contributed by atoms with Gasteiger partial charge in [0.15, 0.2) is 0 Å². The zero-order valence-electron chi connectivity index (χ0n) is 34.5. The normalized spacial score (nSPS) is 11.7. The first kappa shape index (κ1) is 41.9. The molecule has 0 aliphatic heterocycles. The van der Waals surface area contributed by atoms with E-state index < -0.39 is 18.2 Å². The molecule has 4 amide bonds. The number of aromatic amines is 2. The van der Waals surface area contributed by atoms with Gasteiger partial charge in [-0.05, 0) is 63.5 Å². The van der Waals surface area contributed by atoms with Gasteiger partial charge >= 0.3 is 12.2 Å². The molecule has 5 aromatic carbocycles. The van der Waals surface area contributed by atoms with Gasteiger partial charge in [-0.15, -0.1) is 0 Å². The molecule has 0 aliphatic rings. The summed E-state index contributed by atoms with van der Waals surface area (Å²) in [5.41, 5.74) is 6.21. The number of H-pyrrole nitrogens is 2. The molecule has 2 aromatic heterocycles. The largest absolute Gasteiger partial charge is 0.453 e. The molecular formula is C46H48N8O7. The van der Waals surface area contributed by atoms with E-state index in [0.717, 1.165) is 61.4 Å². The van der Waals surface area contributed by atoms with Crippen LogP contribution in [0.1, 0.15) is 36.6 Å². The van der Waals surface area contributed by atoms with Gasteiger partial charge in [0.05, 0.1) is 56.8 Å². The average Bonchev–Trinajstić information content (AvgIpc) is 3.95. The van der Waals surface area contributed by atoms with E-state index in [9.17, 15) is 19.2 Å². The number of carbonyl (C=O) groups is 4. The van der Waals surface area contributed by atoms with Crippen molar-refractivity contribution in [2.45, 2.75) is 32.5 Å². The highest BCUT2D eigenvalue weighted by Crippen LogP contribution is 2.32. The molecule has 15 nitrogen and oxygen atoms in total. The van der Waals surface area contributed by atoms with Gasteiger partial charge in [-0.1, -0.05) is 79.7 Å². The summed E-state index contributed by atoms with van der Waals surface area (Å²) in [6, 6.07) is 31.1. The molecule has 4 N–H and O–H groups in total. The van der Waals surface area contributed by atoms with Gasteiger partial charge in [-0.3, -0.25) is 9.59 Å². The molecule has 7 rings (SSSR count). The van der Waals surface area contributed by atoms with Crippen LogP contribution in [0.4, 0.5) is 9.59 Å². The SMILES string of the molecule is CCCN(Cc1nc2ccc3cc(-c4ccc5cc(-c6cnc(CN(CCOC)C(=O)[C@H](NC(=O)OC)c7ccccc7)[nH]6)ccc5c4)ccc3c2[nH]1)C(=O)CNC(=O)OC. The Balaban J connectivity index is 1.07. The van der Waals surface area contributed by atoms with Crippen molar-refractivity contribution in [1.29, 1.82) is 0 Å². The third kappa shape index (κ3) is 9.79. The Morgan fingerprint density at radius 2 is 1.39 bits per heavy atom. The number of methoxy groups -OCH3 is 3. The number of nitrogens with one attached hydrogen (secondary N) is 4. The smallest absolute Gasteiger partial charge is 0.407 e. The molecule has 7 aromatic rings. The Morgan fingerprint density at radius 1 is 0.721 bits per heavy atom. The summed E-state index contributed by atoms with van der Waals surface area (Å²) in [6.45, 7) is 3.38. The number of rotatable bonds is 16. The fraction of sp³-hybridized carbons (Fsp3) is 0.261. The molecule has 61 heavy (non-hydrogen) atoms. The van der Waals surface area contributed by atoms with Crippen molar-refractivity contribution in [3.05, 3.63) is 120 Å². The zero-order chi connectivity index (χ0) is 42.9. The highest BCUT2D eigenvalue weighted by molar-refractivity contribution is 6.05. The summed E-state index contributed by atoms with van der Waals surface area (Å²) >= 11 is 0. The number of carbonyl (C=O) groups excluding carboxylic acids is 4. The third-order valence-electron chi connectivity index (χ3n) is 10.4. The highest BCUT2D eigenvalue weighted by atomic mass is 16.5. The van der Waals surface area contributed by atoms with Gasteiger partial charge in [0, 0.05) is 31.1 Å². The van der Waals surface area contributed by atoms with E-state index in [0.29, 0.717) is 30.4 Å². The van der Waals surface area contributed by atoms with E-state index in [2.05, 4.69) is 84.9 Å². The maximum atomic E-state index is 13.9. The van der Waals surface area contributed by atoms with E-state index in [-0.39, 0.29) is 38.0 Å². The predicted octanol–water partition coefficient (Wildman–Crippen LogP) is 7.09. The predicted molar refractivity (Wildman–Crippen MR) is 232 cm³/mol. The molecule has 0 aliphatic carbocycles. The summed E-state index contributed by atoms with van der Waals surface area (Å²) in [6.07, 6.45) is 1.15. The molecule has 0 radical (unpaired) electrons. The number of amides is 4. The third-order valence-corrected chi connectivity index (χ3v) is 10.4. The minimum absolute atomic E-state index is 0.156. The van der Waals surface area contributed by atoms with Gasteiger partial charge in [0.2, 0.25) is 11.8 Å². The molecule has 0 bridgehead atoms. The van der Waals surface area contributed by atoms with Crippen LogP contribution >= 0.6 is 0 Å². The molecule has 0 saturated carbocycles. The summed E-state index contributed by atoms with van der Waals surface area (Å²) in [5.74, 6) is 0.697. The van der Waals surface area contributed by atoms with E-state index in [1.54, 1.807) is 35.2 Å². The Kier molecular flexibility index (Phi) is 13.2. The van der Waals surface area contributed by atoms with Crippen molar-refractivity contribution < 1.29 is 33.4 Å². The van der Waals surface area contributed by atoms with Crippen molar-refractivity contribution in [2.75, 3.05) is 47.6 Å². The summed E-state index contributed by atoms with van der Waals surface area (Å²) in [7, 11) is 4.09. The molecular weight excluding hydrogens is 777 g/mol. The van der Waals surface area contributed by atoms with Gasteiger partial charge in [-0.25, -0.2) is 19.6 Å². The second-order valence-corrected chi connectivity index (χ2v) is 14.5.